The van der Waals surface area contributed by atoms with Crippen molar-refractivity contribution >= 4 is 0 Å². The molecule has 1 aromatic carbocycles. The summed E-state index contributed by atoms with van der Waals surface area (Å²) in [5.74, 6) is 0.984. The highest BCUT2D eigenvalue weighted by atomic mass is 16.5. The predicted octanol–water partition coefficient (Wildman–Crippen LogP) is 2.22. The first-order chi connectivity index (χ1) is 8.10. The predicted molar refractivity (Wildman–Crippen MR) is 72.7 cm³/mol. The van der Waals surface area contributed by atoms with Gasteiger partial charge in [-0.2, -0.15) is 0 Å². The molecule has 0 spiro atoms. The summed E-state index contributed by atoms with van der Waals surface area (Å²) in [6, 6.07) is 6.84. The van der Waals surface area contributed by atoms with Gasteiger partial charge in [0.1, 0.15) is 5.75 Å². The fourth-order valence-corrected chi connectivity index (χ4v) is 1.99. The number of rotatable bonds is 6. The van der Waals surface area contributed by atoms with Gasteiger partial charge < -0.3 is 15.0 Å². The topological polar surface area (TPSA) is 24.5 Å². The number of nitrogens with one attached hydrogen (secondary N) is 1. The molecule has 0 aliphatic heterocycles. The number of nitrogens with zero attached hydrogens (tertiary/aromatic N) is 1. The maximum atomic E-state index is 5.56. The maximum absolute atomic E-state index is 5.56. The van der Waals surface area contributed by atoms with E-state index in [0.717, 1.165) is 12.3 Å². The van der Waals surface area contributed by atoms with Gasteiger partial charge in [-0.3, -0.25) is 0 Å². The molecule has 17 heavy (non-hydrogen) atoms. The molecule has 0 aliphatic rings. The Labute approximate surface area is 105 Å². The second kappa shape index (κ2) is 6.62. The lowest BCUT2D eigenvalue weighted by molar-refractivity contribution is 0.293. The number of hydrogen-bond acceptors (Lipinski definition) is 3. The summed E-state index contributed by atoms with van der Waals surface area (Å²) in [4.78, 5) is 2.23. The monoisotopic (exact) mass is 236 g/mol. The van der Waals surface area contributed by atoms with Crippen molar-refractivity contribution in [2.45, 2.75) is 19.9 Å². The maximum Gasteiger partial charge on any atom is 0.122 e. The lowest BCUT2D eigenvalue weighted by Gasteiger charge is -2.25. The van der Waals surface area contributed by atoms with Crippen LogP contribution in [0.25, 0.3) is 0 Å². The Morgan fingerprint density at radius 2 is 2.06 bits per heavy atom. The molecule has 0 aromatic heterocycles. The molecular weight excluding hydrogens is 212 g/mol. The summed E-state index contributed by atoms with van der Waals surface area (Å²) >= 11 is 0. The summed E-state index contributed by atoms with van der Waals surface area (Å²) in [5, 5.41) is 3.23. The average Bonchev–Trinajstić information content (AvgIpc) is 2.28. The van der Waals surface area contributed by atoms with Gasteiger partial charge in [0, 0.05) is 12.6 Å². The zero-order valence-corrected chi connectivity index (χ0v) is 11.6. The smallest absolute Gasteiger partial charge is 0.122 e. The number of benzene rings is 1. The Hall–Kier alpha value is -1.06. The lowest BCUT2D eigenvalue weighted by Crippen LogP contribution is -2.29. The first kappa shape index (κ1) is 14.0. The van der Waals surface area contributed by atoms with Gasteiger partial charge in [-0.15, -0.1) is 0 Å². The SMILES string of the molecule is CCOc1ccc(C(CNC)N(C)C)cc1C. The van der Waals surface area contributed by atoms with Crippen molar-refractivity contribution in [1.29, 1.82) is 0 Å². The normalized spacial score (nSPS) is 12.8. The Morgan fingerprint density at radius 1 is 1.35 bits per heavy atom. The van der Waals surface area contributed by atoms with Gasteiger partial charge in [-0.05, 0) is 52.2 Å². The first-order valence-corrected chi connectivity index (χ1v) is 6.14. The highest BCUT2D eigenvalue weighted by Gasteiger charge is 2.14. The minimum atomic E-state index is 0.398. The van der Waals surface area contributed by atoms with Crippen molar-refractivity contribution in [1.82, 2.24) is 10.2 Å². The van der Waals surface area contributed by atoms with Crippen LogP contribution in [-0.4, -0.2) is 39.2 Å². The average molecular weight is 236 g/mol. The zero-order chi connectivity index (χ0) is 12.8. The minimum absolute atomic E-state index is 0.398. The van der Waals surface area contributed by atoms with Gasteiger partial charge in [-0.1, -0.05) is 12.1 Å². The van der Waals surface area contributed by atoms with Crippen LogP contribution in [0, 0.1) is 6.92 Å². The molecule has 0 aliphatic carbocycles. The minimum Gasteiger partial charge on any atom is -0.494 e. The Balaban J connectivity index is 2.93. The third-order valence-electron chi connectivity index (χ3n) is 2.90. The van der Waals surface area contributed by atoms with Crippen LogP contribution in [0.3, 0.4) is 0 Å². The standard InChI is InChI=1S/C14H24N2O/c1-6-17-14-8-7-12(9-11(14)2)13(10-15-3)16(4)5/h7-9,13,15H,6,10H2,1-5H3. The highest BCUT2D eigenvalue weighted by molar-refractivity contribution is 5.37. The summed E-state index contributed by atoms with van der Waals surface area (Å²) < 4.78 is 5.56. The van der Waals surface area contributed by atoms with E-state index in [2.05, 4.69) is 49.4 Å². The van der Waals surface area contributed by atoms with Gasteiger partial charge >= 0.3 is 0 Å². The van der Waals surface area contributed by atoms with Crippen LogP contribution >= 0.6 is 0 Å². The molecule has 0 heterocycles. The largest absolute Gasteiger partial charge is 0.494 e. The van der Waals surface area contributed by atoms with E-state index in [1.165, 1.54) is 11.1 Å². The van der Waals surface area contributed by atoms with Crippen molar-refractivity contribution in [2.75, 3.05) is 34.3 Å². The van der Waals surface area contributed by atoms with E-state index >= 15 is 0 Å². The molecule has 0 saturated heterocycles. The summed E-state index contributed by atoms with van der Waals surface area (Å²) in [5.41, 5.74) is 2.53. The molecule has 1 N–H and O–H groups in total. The fourth-order valence-electron chi connectivity index (χ4n) is 1.99. The van der Waals surface area contributed by atoms with E-state index in [9.17, 15) is 0 Å². The van der Waals surface area contributed by atoms with Crippen molar-refractivity contribution in [3.63, 3.8) is 0 Å². The molecule has 1 rings (SSSR count). The van der Waals surface area contributed by atoms with Crippen molar-refractivity contribution in [3.05, 3.63) is 29.3 Å². The van der Waals surface area contributed by atoms with Crippen molar-refractivity contribution in [3.8, 4) is 5.75 Å². The fraction of sp³-hybridized carbons (Fsp3) is 0.571. The summed E-state index contributed by atoms with van der Waals surface area (Å²) in [7, 11) is 6.19. The molecule has 96 valence electrons. The molecule has 0 radical (unpaired) electrons. The molecule has 1 atom stereocenters. The molecule has 3 nitrogen and oxygen atoms in total. The van der Waals surface area contributed by atoms with Crippen LogP contribution in [0.4, 0.5) is 0 Å². The van der Waals surface area contributed by atoms with Crippen LogP contribution in [0.15, 0.2) is 18.2 Å². The van der Waals surface area contributed by atoms with Gasteiger partial charge in [-0.25, -0.2) is 0 Å². The van der Waals surface area contributed by atoms with E-state index in [-0.39, 0.29) is 0 Å². The Morgan fingerprint density at radius 3 is 2.53 bits per heavy atom. The molecule has 3 heteroatoms. The van der Waals surface area contributed by atoms with E-state index < -0.39 is 0 Å². The highest BCUT2D eigenvalue weighted by Crippen LogP contribution is 2.24. The van der Waals surface area contributed by atoms with Gasteiger partial charge in [0.2, 0.25) is 0 Å². The second-order valence-electron chi connectivity index (χ2n) is 4.50. The van der Waals surface area contributed by atoms with E-state index in [1.54, 1.807) is 0 Å². The van der Waals surface area contributed by atoms with Crippen LogP contribution in [0.1, 0.15) is 24.1 Å². The van der Waals surface area contributed by atoms with Crippen LogP contribution in [0.5, 0.6) is 5.75 Å². The number of likely N-dealkylation sites (N-methyl/N-ethyl adjacent to an activating group) is 2. The van der Waals surface area contributed by atoms with Crippen molar-refractivity contribution < 1.29 is 4.74 Å². The zero-order valence-electron chi connectivity index (χ0n) is 11.6. The summed E-state index contributed by atoms with van der Waals surface area (Å²) in [6.07, 6.45) is 0. The first-order valence-electron chi connectivity index (χ1n) is 6.14. The van der Waals surface area contributed by atoms with Crippen LogP contribution in [-0.2, 0) is 0 Å². The van der Waals surface area contributed by atoms with Crippen LogP contribution in [0.2, 0.25) is 0 Å². The Kier molecular flexibility index (Phi) is 5.45. The quantitative estimate of drug-likeness (QED) is 0.819. The molecule has 0 amide bonds. The number of aryl methyl sites for hydroxylation is 1. The van der Waals surface area contributed by atoms with Crippen LogP contribution < -0.4 is 10.1 Å². The van der Waals surface area contributed by atoms with Gasteiger partial charge in [0.05, 0.1) is 6.61 Å². The number of hydrogen-bond donors (Lipinski definition) is 1. The van der Waals surface area contributed by atoms with E-state index in [1.807, 2.05) is 14.0 Å². The lowest BCUT2D eigenvalue weighted by atomic mass is 10.0. The summed E-state index contributed by atoms with van der Waals surface area (Å²) in [6.45, 7) is 5.77. The molecule has 0 bridgehead atoms. The van der Waals surface area contributed by atoms with E-state index in [0.29, 0.717) is 12.6 Å². The molecule has 1 unspecified atom stereocenters. The third kappa shape index (κ3) is 3.72. The molecule has 0 fully saturated rings. The van der Waals surface area contributed by atoms with Gasteiger partial charge in [0.15, 0.2) is 0 Å². The molecular formula is C14H24N2O. The Bertz CT molecular complexity index is 350. The molecule has 1 aromatic rings. The third-order valence-corrected chi connectivity index (χ3v) is 2.90. The molecule has 0 saturated carbocycles. The second-order valence-corrected chi connectivity index (χ2v) is 4.50. The van der Waals surface area contributed by atoms with E-state index in [4.69, 9.17) is 4.74 Å². The van der Waals surface area contributed by atoms with Gasteiger partial charge in [0.25, 0.3) is 0 Å². The number of ether oxygens (including phenoxy) is 1. The van der Waals surface area contributed by atoms with Crippen molar-refractivity contribution in [2.24, 2.45) is 0 Å².